The number of unbranched alkanes of at least 4 members (excludes halogenated alkanes) is 10. The Morgan fingerprint density at radius 2 is 1.23 bits per heavy atom. The average molecular weight is 373 g/mol. The maximum Gasteiger partial charge on any atom is 0.175 e. The van der Waals surface area contributed by atoms with E-state index in [1.165, 1.54) is 64.2 Å². The topological polar surface area (TPSA) is 79.7 Å². The number of rotatable bonds is 16. The minimum Gasteiger partial charge on any atom is -0.375 e. The first kappa shape index (κ1) is 23.8. The second-order valence-electron chi connectivity index (χ2n) is 7.68. The molecule has 1 aliphatic heterocycles. The van der Waals surface area contributed by atoms with Crippen LogP contribution in [0.25, 0.3) is 0 Å². The normalized spacial score (nSPS) is 26.3. The third-order valence-corrected chi connectivity index (χ3v) is 5.16. The van der Waals surface area contributed by atoms with Gasteiger partial charge in [-0.25, -0.2) is 0 Å². The summed E-state index contributed by atoms with van der Waals surface area (Å²) in [6, 6.07) is -0.474. The molecule has 0 aromatic carbocycles. The molecule has 0 saturated carbocycles. The second-order valence-corrected chi connectivity index (χ2v) is 7.68. The van der Waals surface area contributed by atoms with Gasteiger partial charge in [0.15, 0.2) is 6.29 Å². The minimum atomic E-state index is -0.389. The fourth-order valence-electron chi connectivity index (χ4n) is 3.43. The Labute approximate surface area is 161 Å². The maximum absolute atomic E-state index is 6.32. The van der Waals surface area contributed by atoms with Gasteiger partial charge in [0, 0.05) is 13.2 Å². The molecular weight excluding hydrogens is 328 g/mol. The van der Waals surface area contributed by atoms with Crippen molar-refractivity contribution in [3.05, 3.63) is 0 Å². The molecule has 0 aliphatic carbocycles. The largest absolute Gasteiger partial charge is 0.375 e. The van der Waals surface area contributed by atoms with E-state index in [9.17, 15) is 0 Å². The molecule has 0 aromatic rings. The first-order chi connectivity index (χ1) is 12.7. The van der Waals surface area contributed by atoms with E-state index in [1.54, 1.807) is 0 Å². The quantitative estimate of drug-likeness (QED) is 0.398. The Balaban J connectivity index is 2.15. The van der Waals surface area contributed by atoms with Crippen molar-refractivity contribution in [3.63, 3.8) is 0 Å². The molecular formula is C21H44N2O3. The smallest absolute Gasteiger partial charge is 0.175 e. The van der Waals surface area contributed by atoms with Crippen molar-refractivity contribution in [2.75, 3.05) is 19.8 Å². The van der Waals surface area contributed by atoms with Crippen molar-refractivity contribution in [1.82, 2.24) is 0 Å². The summed E-state index contributed by atoms with van der Waals surface area (Å²) in [4.78, 5) is 0. The van der Waals surface area contributed by atoms with E-state index in [0.717, 1.165) is 19.4 Å². The van der Waals surface area contributed by atoms with Crippen LogP contribution in [0.4, 0.5) is 0 Å². The molecule has 0 amide bonds. The standard InChI is InChI=1S/C21H44N2O3/c1-3-5-7-9-11-13-15-24-20-18(22)17-26-21(19(20)23)25-16-14-12-10-8-6-4-2/h18-21H,3-17,22-23H2,1-2H3/t18-,19-,20+,21-/m1/s1. The van der Waals surface area contributed by atoms with Crippen molar-refractivity contribution in [2.45, 2.75) is 115 Å². The van der Waals surface area contributed by atoms with Gasteiger partial charge in [0.2, 0.25) is 0 Å². The van der Waals surface area contributed by atoms with Gasteiger partial charge in [-0.05, 0) is 12.8 Å². The molecule has 1 saturated heterocycles. The number of hydrogen-bond acceptors (Lipinski definition) is 5. The van der Waals surface area contributed by atoms with Gasteiger partial charge in [-0.2, -0.15) is 0 Å². The van der Waals surface area contributed by atoms with Gasteiger partial charge in [0.1, 0.15) is 0 Å². The zero-order valence-corrected chi connectivity index (χ0v) is 17.3. The molecule has 26 heavy (non-hydrogen) atoms. The Morgan fingerprint density at radius 1 is 0.731 bits per heavy atom. The van der Waals surface area contributed by atoms with E-state index in [0.29, 0.717) is 13.2 Å². The Morgan fingerprint density at radius 3 is 1.81 bits per heavy atom. The zero-order chi connectivity index (χ0) is 19.0. The van der Waals surface area contributed by atoms with E-state index in [1.807, 2.05) is 0 Å². The first-order valence-corrected chi connectivity index (χ1v) is 11.1. The average Bonchev–Trinajstić information content (AvgIpc) is 2.64. The van der Waals surface area contributed by atoms with Gasteiger partial charge in [-0.15, -0.1) is 0 Å². The predicted molar refractivity (Wildman–Crippen MR) is 108 cm³/mol. The summed E-state index contributed by atoms with van der Waals surface area (Å²) in [6.45, 7) is 6.35. The molecule has 0 unspecified atom stereocenters. The number of ether oxygens (including phenoxy) is 3. The van der Waals surface area contributed by atoms with Crippen LogP contribution in [-0.4, -0.2) is 44.3 Å². The van der Waals surface area contributed by atoms with Crippen molar-refractivity contribution in [1.29, 1.82) is 0 Å². The molecule has 0 aromatic heterocycles. The molecule has 156 valence electrons. The van der Waals surface area contributed by atoms with Crippen molar-refractivity contribution in [2.24, 2.45) is 11.5 Å². The summed E-state index contributed by atoms with van der Waals surface area (Å²) in [5, 5.41) is 0. The number of hydrogen-bond donors (Lipinski definition) is 2. The van der Waals surface area contributed by atoms with Crippen LogP contribution in [0.3, 0.4) is 0 Å². The van der Waals surface area contributed by atoms with Crippen molar-refractivity contribution < 1.29 is 14.2 Å². The third-order valence-electron chi connectivity index (χ3n) is 5.16. The highest BCUT2D eigenvalue weighted by Crippen LogP contribution is 2.18. The van der Waals surface area contributed by atoms with Crippen molar-refractivity contribution in [3.8, 4) is 0 Å². The van der Waals surface area contributed by atoms with Crippen molar-refractivity contribution >= 4 is 0 Å². The zero-order valence-electron chi connectivity index (χ0n) is 17.3. The van der Waals surface area contributed by atoms with E-state index >= 15 is 0 Å². The van der Waals surface area contributed by atoms with E-state index in [-0.39, 0.29) is 24.5 Å². The molecule has 1 rings (SSSR count). The Kier molecular flexibility index (Phi) is 14.5. The third kappa shape index (κ3) is 10.2. The van der Waals surface area contributed by atoms with Crippen LogP contribution >= 0.6 is 0 Å². The molecule has 0 radical (unpaired) electrons. The van der Waals surface area contributed by atoms with Crippen LogP contribution in [-0.2, 0) is 14.2 Å². The van der Waals surface area contributed by atoms with Crippen LogP contribution in [0.2, 0.25) is 0 Å². The van der Waals surface area contributed by atoms with Gasteiger partial charge in [0.25, 0.3) is 0 Å². The predicted octanol–water partition coefficient (Wildman–Crippen LogP) is 4.12. The van der Waals surface area contributed by atoms with Crippen LogP contribution in [0.5, 0.6) is 0 Å². The molecule has 4 N–H and O–H groups in total. The lowest BCUT2D eigenvalue weighted by Gasteiger charge is -2.39. The summed E-state index contributed by atoms with van der Waals surface area (Å²) in [7, 11) is 0. The fourth-order valence-corrected chi connectivity index (χ4v) is 3.43. The Bertz CT molecular complexity index is 318. The molecule has 4 atom stereocenters. The SMILES string of the molecule is CCCCCCCCO[C@@H]1OC[C@@H](N)[C@H](OCCCCCCCC)[C@H]1N. The first-order valence-electron chi connectivity index (χ1n) is 11.1. The number of nitrogens with two attached hydrogens (primary N) is 2. The summed E-state index contributed by atoms with van der Waals surface area (Å²) < 4.78 is 17.6. The fraction of sp³-hybridized carbons (Fsp3) is 1.00. The molecule has 1 aliphatic rings. The monoisotopic (exact) mass is 372 g/mol. The highest BCUT2D eigenvalue weighted by Gasteiger charge is 2.37. The van der Waals surface area contributed by atoms with Crippen LogP contribution < -0.4 is 11.5 Å². The van der Waals surface area contributed by atoms with Gasteiger partial charge in [0.05, 0.1) is 24.8 Å². The Hall–Kier alpha value is -0.200. The summed E-state index contributed by atoms with van der Waals surface area (Å²) in [6.07, 6.45) is 14.4. The maximum atomic E-state index is 6.32. The van der Waals surface area contributed by atoms with E-state index in [2.05, 4.69) is 13.8 Å². The van der Waals surface area contributed by atoms with E-state index in [4.69, 9.17) is 25.7 Å². The highest BCUT2D eigenvalue weighted by molar-refractivity contribution is 4.90. The highest BCUT2D eigenvalue weighted by atomic mass is 16.7. The minimum absolute atomic E-state index is 0.168. The molecule has 0 spiro atoms. The molecule has 1 heterocycles. The molecule has 5 heteroatoms. The molecule has 5 nitrogen and oxygen atoms in total. The summed E-state index contributed by atoms with van der Waals surface area (Å²) in [5.41, 5.74) is 12.5. The second kappa shape index (κ2) is 15.8. The summed E-state index contributed by atoms with van der Waals surface area (Å²) in [5.74, 6) is 0. The van der Waals surface area contributed by atoms with Crippen LogP contribution in [0.1, 0.15) is 90.9 Å². The molecule has 0 bridgehead atoms. The van der Waals surface area contributed by atoms with Gasteiger partial charge >= 0.3 is 0 Å². The lowest BCUT2D eigenvalue weighted by Crippen LogP contribution is -2.61. The summed E-state index contributed by atoms with van der Waals surface area (Å²) >= 11 is 0. The van der Waals surface area contributed by atoms with Crippen LogP contribution in [0.15, 0.2) is 0 Å². The van der Waals surface area contributed by atoms with Gasteiger partial charge < -0.3 is 25.7 Å². The van der Waals surface area contributed by atoms with Gasteiger partial charge in [-0.3, -0.25) is 0 Å². The van der Waals surface area contributed by atoms with Crippen LogP contribution in [0, 0.1) is 0 Å². The molecule has 1 fully saturated rings. The lowest BCUT2D eigenvalue weighted by atomic mass is 10.0. The van der Waals surface area contributed by atoms with E-state index < -0.39 is 0 Å². The van der Waals surface area contributed by atoms with Gasteiger partial charge in [-0.1, -0.05) is 78.1 Å². The lowest BCUT2D eigenvalue weighted by molar-refractivity contribution is -0.209.